The lowest BCUT2D eigenvalue weighted by molar-refractivity contribution is 0.177. The van der Waals surface area contributed by atoms with E-state index >= 15 is 0 Å². The van der Waals surface area contributed by atoms with Crippen LogP contribution in [0.1, 0.15) is 0 Å². The van der Waals surface area contributed by atoms with E-state index in [1.165, 1.54) is 0 Å². The lowest BCUT2D eigenvalue weighted by Crippen LogP contribution is -2.65. The van der Waals surface area contributed by atoms with E-state index in [1.807, 2.05) is 39.3 Å². The molecule has 16 heavy (non-hydrogen) atoms. The molecule has 0 aromatic carbocycles. The van der Waals surface area contributed by atoms with E-state index in [-0.39, 0.29) is 0 Å². The largest absolute Gasteiger partial charge is 0.477 e. The summed E-state index contributed by atoms with van der Waals surface area (Å²) in [5.74, 6) is 0. The molecule has 0 atom stereocenters. The summed E-state index contributed by atoms with van der Waals surface area (Å²) in [6.07, 6.45) is 0. The smallest absolute Gasteiger partial charge is 0.416 e. The molecule has 0 aromatic rings. The minimum absolute atomic E-state index is 1.63. The molecule has 0 aromatic heterocycles. The Kier molecular flexibility index (Phi) is 3.78. The van der Waals surface area contributed by atoms with Gasteiger partial charge in [0, 0.05) is 6.55 Å². The first-order chi connectivity index (χ1) is 6.83. The summed E-state index contributed by atoms with van der Waals surface area (Å²) in [4.78, 5) is 10.1. The van der Waals surface area contributed by atoms with Gasteiger partial charge in [0.2, 0.25) is 0 Å². The molecule has 1 saturated heterocycles. The minimum atomic E-state index is -3.11. The molecule has 1 heterocycles. The fourth-order valence-corrected chi connectivity index (χ4v) is 21.1. The second-order valence-electron chi connectivity index (χ2n) is 5.51. The van der Waals surface area contributed by atoms with Gasteiger partial charge in [-0.25, -0.2) is 0 Å². The fourth-order valence-electron chi connectivity index (χ4n) is 2.18. The third-order valence-electron chi connectivity index (χ3n) is 1.85. The molecule has 0 aliphatic carbocycles. The van der Waals surface area contributed by atoms with E-state index in [1.54, 1.807) is 6.55 Å². The first-order valence-corrected chi connectivity index (χ1v) is 16.1. The summed E-state index contributed by atoms with van der Waals surface area (Å²) in [6, 6.07) is 0. The van der Waals surface area contributed by atoms with Crippen LogP contribution in [0.5, 0.6) is 0 Å². The Hall–Kier alpha value is 0.668. The van der Waals surface area contributed by atoms with Crippen molar-refractivity contribution in [3.8, 4) is 0 Å². The van der Waals surface area contributed by atoms with Crippen LogP contribution in [0.4, 0.5) is 0 Å². The van der Waals surface area contributed by atoms with Crippen molar-refractivity contribution in [3.05, 3.63) is 0 Å². The zero-order valence-corrected chi connectivity index (χ0v) is 15.1. The van der Waals surface area contributed by atoms with Crippen molar-refractivity contribution >= 4 is 34.5 Å². The predicted molar refractivity (Wildman–Crippen MR) is 70.6 cm³/mol. The second kappa shape index (κ2) is 4.10. The van der Waals surface area contributed by atoms with E-state index < -0.39 is 34.5 Å². The SMILES string of the molecule is C[Si]1(C)O[Si](C)(C)O[Si](C)(O)O[Si](C)(C)O1. The summed E-state index contributed by atoms with van der Waals surface area (Å²) >= 11 is 0. The lowest BCUT2D eigenvalue weighted by Gasteiger charge is -2.44. The maximum atomic E-state index is 10.1. The normalized spacial score (nSPS) is 31.5. The molecule has 1 N–H and O–H groups in total. The summed E-state index contributed by atoms with van der Waals surface area (Å²) in [5, 5.41) is 0. The van der Waals surface area contributed by atoms with E-state index in [0.717, 1.165) is 0 Å². The van der Waals surface area contributed by atoms with Crippen molar-refractivity contribution in [2.75, 3.05) is 0 Å². The summed E-state index contributed by atoms with van der Waals surface area (Å²) in [5.41, 5.74) is 0. The number of rotatable bonds is 0. The highest BCUT2D eigenvalue weighted by molar-refractivity contribution is 6.91. The van der Waals surface area contributed by atoms with Crippen LogP contribution in [0.15, 0.2) is 0 Å². The van der Waals surface area contributed by atoms with Gasteiger partial charge in [0.05, 0.1) is 0 Å². The zero-order chi connectivity index (χ0) is 12.8. The first-order valence-electron chi connectivity index (χ1n) is 5.36. The van der Waals surface area contributed by atoms with Gasteiger partial charge in [-0.15, -0.1) is 0 Å². The van der Waals surface area contributed by atoms with Crippen LogP contribution in [0.3, 0.4) is 0 Å². The Morgan fingerprint density at radius 2 is 0.812 bits per heavy atom. The van der Waals surface area contributed by atoms with Crippen LogP contribution >= 0.6 is 0 Å². The molecule has 1 aliphatic heterocycles. The lowest BCUT2D eigenvalue weighted by atomic mass is 11.9. The fraction of sp³-hybridized carbons (Fsp3) is 1.00. The maximum Gasteiger partial charge on any atom is 0.477 e. The molecule has 1 rings (SSSR count). The minimum Gasteiger partial charge on any atom is -0.416 e. The molecule has 0 bridgehead atoms. The average Bonchev–Trinajstić information content (AvgIpc) is 1.67. The highest BCUT2D eigenvalue weighted by Gasteiger charge is 2.52. The van der Waals surface area contributed by atoms with Crippen LogP contribution in [0, 0.1) is 0 Å². The van der Waals surface area contributed by atoms with E-state index in [4.69, 9.17) is 16.5 Å². The Bertz CT molecular complexity index is 206. The molecule has 1 fully saturated rings. The molecule has 0 saturated carbocycles. The summed E-state index contributed by atoms with van der Waals surface area (Å²) < 4.78 is 23.4. The van der Waals surface area contributed by atoms with Gasteiger partial charge in [-0.2, -0.15) is 0 Å². The Balaban J connectivity index is 2.98. The molecule has 9 heteroatoms. The van der Waals surface area contributed by atoms with Crippen LogP contribution in [0.2, 0.25) is 45.8 Å². The van der Waals surface area contributed by atoms with Crippen LogP contribution in [-0.4, -0.2) is 39.3 Å². The van der Waals surface area contributed by atoms with Crippen LogP contribution in [0.25, 0.3) is 0 Å². The van der Waals surface area contributed by atoms with Gasteiger partial charge in [-0.3, -0.25) is 0 Å². The Morgan fingerprint density at radius 3 is 1.12 bits per heavy atom. The number of hydrogen-bond acceptors (Lipinski definition) is 5. The van der Waals surface area contributed by atoms with E-state index in [0.29, 0.717) is 0 Å². The van der Waals surface area contributed by atoms with Gasteiger partial charge >= 0.3 is 34.5 Å². The maximum absolute atomic E-state index is 10.1. The van der Waals surface area contributed by atoms with Crippen molar-refractivity contribution in [2.45, 2.75) is 45.8 Å². The summed E-state index contributed by atoms with van der Waals surface area (Å²) in [7, 11) is -10.1. The molecule has 5 nitrogen and oxygen atoms in total. The third kappa shape index (κ3) is 4.50. The Morgan fingerprint density at radius 1 is 0.562 bits per heavy atom. The van der Waals surface area contributed by atoms with Crippen molar-refractivity contribution in [3.63, 3.8) is 0 Å². The highest BCUT2D eigenvalue weighted by Crippen LogP contribution is 2.29. The first kappa shape index (κ1) is 14.7. The molecule has 1 aliphatic rings. The van der Waals surface area contributed by atoms with E-state index in [2.05, 4.69) is 0 Å². The second-order valence-corrected chi connectivity index (χ2v) is 19.0. The predicted octanol–water partition coefficient (Wildman–Crippen LogP) is 1.73. The number of hydrogen-bond donors (Lipinski definition) is 1. The monoisotopic (exact) mass is 298 g/mol. The van der Waals surface area contributed by atoms with Crippen molar-refractivity contribution in [2.24, 2.45) is 0 Å². The average molecular weight is 299 g/mol. The standard InChI is InChI=1S/C7H22O5Si4/c1-13(2)9-14(3,4)11-16(7,8)12-15(5,6)10-13/h8H,1-7H3. The molecule has 0 unspecified atom stereocenters. The van der Waals surface area contributed by atoms with Gasteiger partial charge in [0.1, 0.15) is 0 Å². The van der Waals surface area contributed by atoms with Crippen molar-refractivity contribution in [1.29, 1.82) is 0 Å². The van der Waals surface area contributed by atoms with Gasteiger partial charge in [-0.05, 0) is 39.3 Å². The molecular weight excluding hydrogens is 276 g/mol. The van der Waals surface area contributed by atoms with Crippen LogP contribution in [-0.2, 0) is 16.5 Å². The molecule has 0 spiro atoms. The zero-order valence-electron chi connectivity index (χ0n) is 11.1. The molecule has 0 amide bonds. The molecular formula is C7H22O5Si4. The van der Waals surface area contributed by atoms with Crippen molar-refractivity contribution < 1.29 is 21.3 Å². The third-order valence-corrected chi connectivity index (χ3v) is 16.7. The van der Waals surface area contributed by atoms with Gasteiger partial charge in [0.15, 0.2) is 0 Å². The Labute approximate surface area is 102 Å². The highest BCUT2D eigenvalue weighted by atomic mass is 28.5. The van der Waals surface area contributed by atoms with Gasteiger partial charge in [0.25, 0.3) is 0 Å². The quantitative estimate of drug-likeness (QED) is 0.690. The van der Waals surface area contributed by atoms with E-state index in [9.17, 15) is 4.80 Å². The van der Waals surface area contributed by atoms with Crippen LogP contribution < -0.4 is 0 Å². The topological polar surface area (TPSA) is 57.2 Å². The molecule has 0 radical (unpaired) electrons. The van der Waals surface area contributed by atoms with Crippen molar-refractivity contribution in [1.82, 2.24) is 0 Å². The van der Waals surface area contributed by atoms with Gasteiger partial charge in [-0.1, -0.05) is 0 Å². The summed E-state index contributed by atoms with van der Waals surface area (Å²) in [6.45, 7) is 13.3. The van der Waals surface area contributed by atoms with Gasteiger partial charge < -0.3 is 21.3 Å². The molecule has 96 valence electrons.